The van der Waals surface area contributed by atoms with Crippen LogP contribution in [-0.2, 0) is 6.54 Å². The molecule has 2 rings (SSSR count). The molecule has 2 aromatic heterocycles. The molecule has 7 heteroatoms. The quantitative estimate of drug-likeness (QED) is 0.793. The first-order valence-corrected chi connectivity index (χ1v) is 6.12. The van der Waals surface area contributed by atoms with Gasteiger partial charge in [-0.05, 0) is 27.6 Å². The lowest BCUT2D eigenvalue weighted by Crippen LogP contribution is -2.21. The summed E-state index contributed by atoms with van der Waals surface area (Å²) in [5, 5.41) is -0.0580. The molecular weight excluding hydrogens is 329 g/mol. The Balaban J connectivity index is 2.37. The van der Waals surface area contributed by atoms with Crippen LogP contribution in [0.3, 0.4) is 0 Å². The van der Waals surface area contributed by atoms with E-state index in [2.05, 4.69) is 25.9 Å². The van der Waals surface area contributed by atoms with Gasteiger partial charge in [0, 0.05) is 16.9 Å². The predicted molar refractivity (Wildman–Crippen MR) is 69.6 cm³/mol. The lowest BCUT2D eigenvalue weighted by atomic mass is 10.3. The Kier molecular flexibility index (Phi) is 3.81. The van der Waals surface area contributed by atoms with E-state index in [-0.39, 0.29) is 15.7 Å². The molecule has 2 heterocycles. The van der Waals surface area contributed by atoms with Crippen molar-refractivity contribution < 1.29 is 0 Å². The average molecular weight is 335 g/mol. The highest BCUT2D eigenvalue weighted by Crippen LogP contribution is 2.14. The Morgan fingerprint density at radius 2 is 2.12 bits per heavy atom. The largest absolute Gasteiger partial charge is 0.293 e. The van der Waals surface area contributed by atoms with Gasteiger partial charge < -0.3 is 0 Å². The molecule has 0 aliphatic carbocycles. The Hall–Kier alpha value is -0.910. The first-order valence-electron chi connectivity index (χ1n) is 4.58. The van der Waals surface area contributed by atoms with E-state index in [1.165, 1.54) is 10.9 Å². The van der Waals surface area contributed by atoms with Crippen LogP contribution in [0.4, 0.5) is 0 Å². The molecule has 88 valence electrons. The fourth-order valence-electron chi connectivity index (χ4n) is 1.30. The molecule has 0 fully saturated rings. The normalized spacial score (nSPS) is 10.5. The summed E-state index contributed by atoms with van der Waals surface area (Å²) < 4.78 is 2.22. The van der Waals surface area contributed by atoms with Crippen LogP contribution >= 0.6 is 39.1 Å². The molecule has 0 aromatic carbocycles. The molecule has 17 heavy (non-hydrogen) atoms. The molecule has 0 amide bonds. The van der Waals surface area contributed by atoms with Gasteiger partial charge >= 0.3 is 0 Å². The fraction of sp³-hybridized carbons (Fsp3) is 0.100. The molecule has 0 N–H and O–H groups in total. The second-order valence-corrected chi connectivity index (χ2v) is 4.95. The number of aromatic nitrogens is 3. The third-order valence-electron chi connectivity index (χ3n) is 2.05. The van der Waals surface area contributed by atoms with E-state index in [1.54, 1.807) is 12.4 Å². The fourth-order valence-corrected chi connectivity index (χ4v) is 1.99. The maximum atomic E-state index is 11.8. The molecule has 0 unspecified atom stereocenters. The Bertz CT molecular complexity index is 615. The highest BCUT2D eigenvalue weighted by Gasteiger charge is 2.07. The minimum absolute atomic E-state index is 0.0142. The molecule has 0 aliphatic heterocycles. The summed E-state index contributed by atoms with van der Waals surface area (Å²) in [5.74, 6) is 0. The first kappa shape index (κ1) is 12.5. The van der Waals surface area contributed by atoms with Crippen LogP contribution in [-0.4, -0.2) is 14.5 Å². The summed E-state index contributed by atoms with van der Waals surface area (Å²) in [7, 11) is 0. The number of hydrogen-bond donors (Lipinski definition) is 0. The minimum atomic E-state index is -0.369. The van der Waals surface area contributed by atoms with Crippen molar-refractivity contribution in [1.82, 2.24) is 14.5 Å². The third kappa shape index (κ3) is 2.86. The molecule has 4 nitrogen and oxygen atoms in total. The Morgan fingerprint density at radius 3 is 2.82 bits per heavy atom. The van der Waals surface area contributed by atoms with Gasteiger partial charge in [-0.25, -0.2) is 4.98 Å². The molecule has 0 spiro atoms. The van der Waals surface area contributed by atoms with Gasteiger partial charge in [0.1, 0.15) is 5.02 Å². The maximum Gasteiger partial charge on any atom is 0.273 e. The third-order valence-corrected chi connectivity index (χ3v) is 3.21. The van der Waals surface area contributed by atoms with Crippen LogP contribution in [0.2, 0.25) is 10.2 Å². The van der Waals surface area contributed by atoms with Crippen molar-refractivity contribution in [2.75, 3.05) is 0 Å². The van der Waals surface area contributed by atoms with Gasteiger partial charge in [0.15, 0.2) is 5.15 Å². The van der Waals surface area contributed by atoms with Crippen molar-refractivity contribution in [1.29, 1.82) is 0 Å². The highest BCUT2D eigenvalue weighted by molar-refractivity contribution is 9.10. The number of nitrogens with zero attached hydrogens (tertiary/aromatic N) is 3. The van der Waals surface area contributed by atoms with E-state index >= 15 is 0 Å². The van der Waals surface area contributed by atoms with Crippen molar-refractivity contribution in [2.45, 2.75) is 6.54 Å². The zero-order valence-corrected chi connectivity index (χ0v) is 11.5. The van der Waals surface area contributed by atoms with E-state index < -0.39 is 0 Å². The standard InChI is InChI=1S/C10H6BrCl2N3O/c11-7-1-6(2-14-3-7)4-16-5-15-9(13)8(12)10(16)17/h1-3,5H,4H2. The van der Waals surface area contributed by atoms with Crippen LogP contribution in [0.25, 0.3) is 0 Å². The molecule has 0 radical (unpaired) electrons. The second-order valence-electron chi connectivity index (χ2n) is 3.29. The predicted octanol–water partition coefficient (Wildman–Crippen LogP) is 2.76. The second kappa shape index (κ2) is 5.16. The van der Waals surface area contributed by atoms with Crippen molar-refractivity contribution in [3.8, 4) is 0 Å². The van der Waals surface area contributed by atoms with Gasteiger partial charge in [-0.15, -0.1) is 0 Å². The highest BCUT2D eigenvalue weighted by atomic mass is 79.9. The van der Waals surface area contributed by atoms with Gasteiger partial charge in [-0.2, -0.15) is 0 Å². The van der Waals surface area contributed by atoms with E-state index in [4.69, 9.17) is 23.2 Å². The SMILES string of the molecule is O=c1c(Cl)c(Cl)ncn1Cc1cncc(Br)c1. The lowest BCUT2D eigenvalue weighted by Gasteiger charge is -2.06. The zero-order chi connectivity index (χ0) is 12.4. The van der Waals surface area contributed by atoms with Crippen LogP contribution in [0.15, 0.2) is 34.1 Å². The van der Waals surface area contributed by atoms with Crippen molar-refractivity contribution in [3.05, 3.63) is 55.4 Å². The Labute approximate surface area is 115 Å². The zero-order valence-electron chi connectivity index (χ0n) is 8.40. The van der Waals surface area contributed by atoms with Crippen LogP contribution in [0, 0.1) is 0 Å². The summed E-state index contributed by atoms with van der Waals surface area (Å²) in [4.78, 5) is 19.6. The molecule has 2 aromatic rings. The Morgan fingerprint density at radius 1 is 1.35 bits per heavy atom. The van der Waals surface area contributed by atoms with Crippen molar-refractivity contribution in [2.24, 2.45) is 0 Å². The van der Waals surface area contributed by atoms with Crippen molar-refractivity contribution in [3.63, 3.8) is 0 Å². The number of pyridine rings is 1. The van der Waals surface area contributed by atoms with Crippen LogP contribution in [0.1, 0.15) is 5.56 Å². The summed E-state index contributed by atoms with van der Waals surface area (Å²) >= 11 is 14.7. The van der Waals surface area contributed by atoms with Gasteiger partial charge in [-0.1, -0.05) is 23.2 Å². The van der Waals surface area contributed by atoms with E-state index in [1.807, 2.05) is 6.07 Å². The van der Waals surface area contributed by atoms with E-state index in [0.29, 0.717) is 6.54 Å². The van der Waals surface area contributed by atoms with Crippen molar-refractivity contribution >= 4 is 39.1 Å². The van der Waals surface area contributed by atoms with E-state index in [9.17, 15) is 4.79 Å². The molecule has 0 aliphatic rings. The number of halogens is 3. The van der Waals surface area contributed by atoms with Crippen LogP contribution in [0.5, 0.6) is 0 Å². The van der Waals surface area contributed by atoms with Gasteiger partial charge in [-0.3, -0.25) is 14.3 Å². The topological polar surface area (TPSA) is 47.8 Å². The van der Waals surface area contributed by atoms with Gasteiger partial charge in [0.2, 0.25) is 0 Å². The molecule has 0 saturated carbocycles. The first-order chi connectivity index (χ1) is 8.08. The smallest absolute Gasteiger partial charge is 0.273 e. The molecular formula is C10H6BrCl2N3O. The molecule has 0 bridgehead atoms. The number of hydrogen-bond acceptors (Lipinski definition) is 3. The molecule has 0 saturated heterocycles. The summed E-state index contributed by atoms with van der Waals surface area (Å²) in [6, 6.07) is 1.86. The van der Waals surface area contributed by atoms with Crippen LogP contribution < -0.4 is 5.56 Å². The average Bonchev–Trinajstić information content (AvgIpc) is 2.30. The summed E-state index contributed by atoms with van der Waals surface area (Å²) in [6.45, 7) is 0.342. The summed E-state index contributed by atoms with van der Waals surface area (Å²) in [6.07, 6.45) is 4.69. The maximum absolute atomic E-state index is 11.8. The number of rotatable bonds is 2. The monoisotopic (exact) mass is 333 g/mol. The van der Waals surface area contributed by atoms with Gasteiger partial charge in [0.25, 0.3) is 5.56 Å². The lowest BCUT2D eigenvalue weighted by molar-refractivity contribution is 0.733. The van der Waals surface area contributed by atoms with E-state index in [0.717, 1.165) is 10.0 Å². The molecule has 0 atom stereocenters. The summed E-state index contributed by atoms with van der Waals surface area (Å²) in [5.41, 5.74) is 0.494. The van der Waals surface area contributed by atoms with Gasteiger partial charge in [0.05, 0.1) is 12.9 Å². The minimum Gasteiger partial charge on any atom is -0.293 e.